The molecule has 1 aliphatic carbocycles. The first kappa shape index (κ1) is 14.3. The van der Waals surface area contributed by atoms with Gasteiger partial charge in [-0.3, -0.25) is 4.90 Å². The van der Waals surface area contributed by atoms with Crippen LogP contribution in [-0.2, 0) is 4.74 Å². The van der Waals surface area contributed by atoms with Crippen LogP contribution >= 0.6 is 0 Å². The van der Waals surface area contributed by atoms with Crippen LogP contribution in [0.4, 0.5) is 5.82 Å². The first-order valence-corrected chi connectivity index (χ1v) is 7.80. The Bertz CT molecular complexity index is 506. The number of anilines is 1. The number of hydrogen-bond donors (Lipinski definition) is 0. The van der Waals surface area contributed by atoms with Gasteiger partial charge in [0, 0.05) is 38.4 Å². The Kier molecular flexibility index (Phi) is 4.10. The molecule has 1 aliphatic heterocycles. The highest BCUT2D eigenvalue weighted by atomic mass is 16.5. The van der Waals surface area contributed by atoms with Gasteiger partial charge in [-0.2, -0.15) is 0 Å². The molecule has 114 valence electrons. The average molecular weight is 289 g/mol. The van der Waals surface area contributed by atoms with Crippen LogP contribution in [0.25, 0.3) is 0 Å². The SMILES string of the molecule is CC(C)OC(=O)c1cccnc1N1CCN(C2CC2)CC1. The molecule has 5 heteroatoms. The molecule has 21 heavy (non-hydrogen) atoms. The molecule has 1 aromatic heterocycles. The molecule has 1 aromatic rings. The molecule has 0 amide bonds. The minimum atomic E-state index is -0.280. The van der Waals surface area contributed by atoms with Gasteiger partial charge in [-0.15, -0.1) is 0 Å². The van der Waals surface area contributed by atoms with Gasteiger partial charge in [0.05, 0.1) is 6.10 Å². The number of carbonyl (C=O) groups excluding carboxylic acids is 1. The zero-order chi connectivity index (χ0) is 14.8. The number of ether oxygens (including phenoxy) is 1. The highest BCUT2D eigenvalue weighted by molar-refractivity contribution is 5.94. The van der Waals surface area contributed by atoms with E-state index in [1.54, 1.807) is 18.3 Å². The van der Waals surface area contributed by atoms with E-state index < -0.39 is 0 Å². The zero-order valence-corrected chi connectivity index (χ0v) is 12.8. The van der Waals surface area contributed by atoms with Gasteiger partial charge >= 0.3 is 5.97 Å². The van der Waals surface area contributed by atoms with E-state index in [1.807, 2.05) is 13.8 Å². The molecule has 0 spiro atoms. The van der Waals surface area contributed by atoms with Crippen LogP contribution in [0.2, 0.25) is 0 Å². The summed E-state index contributed by atoms with van der Waals surface area (Å²) in [4.78, 5) is 21.4. The lowest BCUT2D eigenvalue weighted by atomic mass is 10.2. The number of nitrogens with zero attached hydrogens (tertiary/aromatic N) is 3. The highest BCUT2D eigenvalue weighted by Crippen LogP contribution is 2.28. The number of piperazine rings is 1. The quantitative estimate of drug-likeness (QED) is 0.793. The summed E-state index contributed by atoms with van der Waals surface area (Å²) >= 11 is 0. The molecule has 0 radical (unpaired) electrons. The number of esters is 1. The molecule has 2 aliphatic rings. The number of aromatic nitrogens is 1. The van der Waals surface area contributed by atoms with E-state index in [2.05, 4.69) is 14.8 Å². The molecule has 1 saturated heterocycles. The van der Waals surface area contributed by atoms with Crippen molar-refractivity contribution in [2.75, 3.05) is 31.1 Å². The van der Waals surface area contributed by atoms with Gasteiger partial charge in [-0.1, -0.05) is 0 Å². The van der Waals surface area contributed by atoms with Crippen LogP contribution in [-0.4, -0.2) is 54.2 Å². The Labute approximate surface area is 125 Å². The molecule has 0 atom stereocenters. The number of carbonyl (C=O) groups is 1. The second-order valence-electron chi connectivity index (χ2n) is 6.08. The Morgan fingerprint density at radius 2 is 2.00 bits per heavy atom. The van der Waals surface area contributed by atoms with E-state index in [0.717, 1.165) is 38.0 Å². The molecule has 3 rings (SSSR count). The van der Waals surface area contributed by atoms with Gasteiger partial charge in [-0.05, 0) is 38.8 Å². The standard InChI is InChI=1S/C16H23N3O2/c1-12(2)21-16(20)14-4-3-7-17-15(14)19-10-8-18(9-11-19)13-5-6-13/h3-4,7,12-13H,5-6,8-11H2,1-2H3. The maximum Gasteiger partial charge on any atom is 0.342 e. The van der Waals surface area contributed by atoms with Crippen molar-refractivity contribution in [3.05, 3.63) is 23.9 Å². The summed E-state index contributed by atoms with van der Waals surface area (Å²) in [5.41, 5.74) is 0.575. The second-order valence-corrected chi connectivity index (χ2v) is 6.08. The Balaban J connectivity index is 1.71. The summed E-state index contributed by atoms with van der Waals surface area (Å²) in [5.74, 6) is 0.483. The molecule has 2 heterocycles. The molecule has 2 fully saturated rings. The summed E-state index contributed by atoms with van der Waals surface area (Å²) in [5, 5.41) is 0. The van der Waals surface area contributed by atoms with Crippen LogP contribution < -0.4 is 4.90 Å². The van der Waals surface area contributed by atoms with E-state index in [-0.39, 0.29) is 12.1 Å². The van der Waals surface area contributed by atoms with Crippen LogP contribution in [0.15, 0.2) is 18.3 Å². The van der Waals surface area contributed by atoms with E-state index in [4.69, 9.17) is 4.74 Å². The normalized spacial score (nSPS) is 19.9. The zero-order valence-electron chi connectivity index (χ0n) is 12.8. The van der Waals surface area contributed by atoms with Crippen LogP contribution in [0.5, 0.6) is 0 Å². The van der Waals surface area contributed by atoms with Gasteiger partial charge in [0.15, 0.2) is 0 Å². The van der Waals surface area contributed by atoms with Gasteiger partial charge in [-0.25, -0.2) is 9.78 Å². The third-order valence-corrected chi connectivity index (χ3v) is 4.03. The molecule has 1 saturated carbocycles. The fourth-order valence-electron chi connectivity index (χ4n) is 2.82. The second kappa shape index (κ2) is 6.02. The van der Waals surface area contributed by atoms with Crippen molar-refractivity contribution in [2.45, 2.75) is 38.8 Å². The Hall–Kier alpha value is -1.62. The summed E-state index contributed by atoms with van der Waals surface area (Å²) < 4.78 is 5.32. The fraction of sp³-hybridized carbons (Fsp3) is 0.625. The lowest BCUT2D eigenvalue weighted by Gasteiger charge is -2.36. The largest absolute Gasteiger partial charge is 0.459 e. The van der Waals surface area contributed by atoms with Gasteiger partial charge < -0.3 is 9.64 Å². The van der Waals surface area contributed by atoms with Crippen molar-refractivity contribution in [3.63, 3.8) is 0 Å². The van der Waals surface area contributed by atoms with E-state index in [9.17, 15) is 4.79 Å². The van der Waals surface area contributed by atoms with Crippen molar-refractivity contribution < 1.29 is 9.53 Å². The summed E-state index contributed by atoms with van der Waals surface area (Å²) in [6, 6.07) is 4.41. The maximum atomic E-state index is 12.2. The molecule has 0 bridgehead atoms. The van der Waals surface area contributed by atoms with Crippen molar-refractivity contribution >= 4 is 11.8 Å². The molecular weight excluding hydrogens is 266 g/mol. The van der Waals surface area contributed by atoms with Crippen LogP contribution in [0.1, 0.15) is 37.0 Å². The van der Waals surface area contributed by atoms with Gasteiger partial charge in [0.1, 0.15) is 11.4 Å². The fourth-order valence-corrected chi connectivity index (χ4v) is 2.82. The van der Waals surface area contributed by atoms with E-state index in [1.165, 1.54) is 12.8 Å². The highest BCUT2D eigenvalue weighted by Gasteiger charge is 2.32. The first-order valence-electron chi connectivity index (χ1n) is 7.80. The topological polar surface area (TPSA) is 45.7 Å². The summed E-state index contributed by atoms with van der Waals surface area (Å²) in [7, 11) is 0. The van der Waals surface area contributed by atoms with E-state index in [0.29, 0.717) is 5.56 Å². The van der Waals surface area contributed by atoms with Crippen molar-refractivity contribution in [1.82, 2.24) is 9.88 Å². The molecular formula is C16H23N3O2. The molecule has 0 N–H and O–H groups in total. The summed E-state index contributed by atoms with van der Waals surface area (Å²) in [6.07, 6.45) is 4.32. The van der Waals surface area contributed by atoms with Gasteiger partial charge in [0.2, 0.25) is 0 Å². The minimum Gasteiger partial charge on any atom is -0.459 e. The van der Waals surface area contributed by atoms with E-state index >= 15 is 0 Å². The lowest BCUT2D eigenvalue weighted by Crippen LogP contribution is -2.47. The third-order valence-electron chi connectivity index (χ3n) is 4.03. The predicted octanol–water partition coefficient (Wildman–Crippen LogP) is 1.93. The number of hydrogen-bond acceptors (Lipinski definition) is 5. The Morgan fingerprint density at radius 3 is 2.62 bits per heavy atom. The van der Waals surface area contributed by atoms with Crippen molar-refractivity contribution in [3.8, 4) is 0 Å². The number of pyridine rings is 1. The Morgan fingerprint density at radius 1 is 1.29 bits per heavy atom. The van der Waals surface area contributed by atoms with Crippen LogP contribution in [0, 0.1) is 0 Å². The summed E-state index contributed by atoms with van der Waals surface area (Å²) in [6.45, 7) is 7.69. The number of rotatable bonds is 4. The van der Waals surface area contributed by atoms with Crippen molar-refractivity contribution in [2.24, 2.45) is 0 Å². The average Bonchev–Trinajstić information content (AvgIpc) is 3.31. The molecule has 5 nitrogen and oxygen atoms in total. The molecule has 0 unspecified atom stereocenters. The predicted molar refractivity (Wildman–Crippen MR) is 81.6 cm³/mol. The van der Waals surface area contributed by atoms with Crippen molar-refractivity contribution in [1.29, 1.82) is 0 Å². The maximum absolute atomic E-state index is 12.2. The minimum absolute atomic E-state index is 0.114. The molecule has 0 aromatic carbocycles. The monoisotopic (exact) mass is 289 g/mol. The smallest absolute Gasteiger partial charge is 0.342 e. The van der Waals surface area contributed by atoms with Crippen LogP contribution in [0.3, 0.4) is 0 Å². The lowest BCUT2D eigenvalue weighted by molar-refractivity contribution is 0.0378. The first-order chi connectivity index (χ1) is 10.1. The third kappa shape index (κ3) is 3.35. The van der Waals surface area contributed by atoms with Gasteiger partial charge in [0.25, 0.3) is 0 Å².